The van der Waals surface area contributed by atoms with Gasteiger partial charge in [-0.05, 0) is 92.9 Å². The third-order valence-corrected chi connectivity index (χ3v) is 6.45. The lowest BCUT2D eigenvalue weighted by atomic mass is 9.79. The van der Waals surface area contributed by atoms with Gasteiger partial charge in [0.25, 0.3) is 0 Å². The summed E-state index contributed by atoms with van der Waals surface area (Å²) < 4.78 is 59.8. The van der Waals surface area contributed by atoms with E-state index >= 15 is 0 Å². The van der Waals surface area contributed by atoms with E-state index in [0.717, 1.165) is 63.5 Å². The quantitative estimate of drug-likeness (QED) is 0.247. The lowest BCUT2D eigenvalue weighted by Gasteiger charge is -2.32. The maximum Gasteiger partial charge on any atom is 0.573 e. The molecule has 0 heterocycles. The molecule has 3 rings (SSSR count). The van der Waals surface area contributed by atoms with E-state index in [4.69, 9.17) is 10.00 Å². The Bertz CT molecular complexity index is 810. The van der Waals surface area contributed by atoms with Crippen LogP contribution in [-0.2, 0) is 4.74 Å². The molecule has 0 saturated heterocycles. The molecule has 0 aromatic heterocycles. The number of hydrogen-bond donors (Lipinski definition) is 0. The van der Waals surface area contributed by atoms with E-state index in [1.165, 1.54) is 24.3 Å². The highest BCUT2D eigenvalue weighted by Crippen LogP contribution is 2.37. The molecule has 2 aliphatic rings. The van der Waals surface area contributed by atoms with Gasteiger partial charge in [0.1, 0.15) is 11.8 Å². The Hall–Kier alpha value is -2.33. The zero-order valence-electron chi connectivity index (χ0n) is 18.0. The molecule has 7 heteroatoms. The van der Waals surface area contributed by atoms with E-state index in [2.05, 4.69) is 4.74 Å². The largest absolute Gasteiger partial charge is 0.573 e. The van der Waals surface area contributed by atoms with Crippen LogP contribution in [0.25, 0.3) is 0 Å². The molecule has 0 spiro atoms. The van der Waals surface area contributed by atoms with Crippen molar-refractivity contribution in [3.63, 3.8) is 0 Å². The van der Waals surface area contributed by atoms with Gasteiger partial charge in [0.2, 0.25) is 0 Å². The van der Waals surface area contributed by atoms with Gasteiger partial charge >= 0.3 is 6.36 Å². The Morgan fingerprint density at radius 1 is 1.00 bits per heavy atom. The molecule has 2 fully saturated rings. The Morgan fingerprint density at radius 3 is 2.25 bits per heavy atom. The summed E-state index contributed by atoms with van der Waals surface area (Å²) in [6, 6.07) is 7.71. The molecule has 0 N–H and O–H groups in total. The number of nitriles is 1. The number of nitrogens with zero attached hydrogens (tertiary/aromatic N) is 1. The van der Waals surface area contributed by atoms with Gasteiger partial charge in [-0.1, -0.05) is 24.3 Å². The zero-order chi connectivity index (χ0) is 23.0. The van der Waals surface area contributed by atoms with Crippen molar-refractivity contribution in [1.29, 1.82) is 5.26 Å². The van der Waals surface area contributed by atoms with Crippen LogP contribution in [-0.4, -0.2) is 19.1 Å². The average molecular weight is 452 g/mol. The van der Waals surface area contributed by atoms with Gasteiger partial charge in [-0.3, -0.25) is 0 Å². The number of benzene rings is 1. The SMILES string of the molecule is N#C/C(F)=C/C=C/[C@H]1CC[C@H](OC[C@H]2CC[C@H](c3ccc(OC(F)(F)F)cc3)CC2)CC1. The molecule has 0 radical (unpaired) electrons. The van der Waals surface area contributed by atoms with Crippen molar-refractivity contribution in [2.24, 2.45) is 11.8 Å². The molecule has 2 aliphatic carbocycles. The first-order valence-corrected chi connectivity index (χ1v) is 11.2. The van der Waals surface area contributed by atoms with E-state index in [1.54, 1.807) is 18.2 Å². The zero-order valence-corrected chi connectivity index (χ0v) is 18.0. The molecular formula is C25H29F4NO2. The molecule has 0 aliphatic heterocycles. The van der Waals surface area contributed by atoms with Crippen LogP contribution in [0.5, 0.6) is 5.75 Å². The molecular weight excluding hydrogens is 422 g/mol. The number of alkyl halides is 3. The van der Waals surface area contributed by atoms with Gasteiger partial charge in [-0.2, -0.15) is 9.65 Å². The topological polar surface area (TPSA) is 42.2 Å². The summed E-state index contributed by atoms with van der Waals surface area (Å²) in [5.74, 6) is 0.338. The molecule has 0 bridgehead atoms. The van der Waals surface area contributed by atoms with E-state index in [-0.39, 0.29) is 11.9 Å². The predicted octanol–water partition coefficient (Wildman–Crippen LogP) is 7.37. The minimum absolute atomic E-state index is 0.181. The highest BCUT2D eigenvalue weighted by Gasteiger charge is 2.31. The van der Waals surface area contributed by atoms with Crippen LogP contribution >= 0.6 is 0 Å². The fourth-order valence-corrected chi connectivity index (χ4v) is 4.66. The highest BCUT2D eigenvalue weighted by atomic mass is 19.4. The summed E-state index contributed by atoms with van der Waals surface area (Å²) in [5.41, 5.74) is 1.06. The van der Waals surface area contributed by atoms with E-state index in [1.807, 2.05) is 6.08 Å². The van der Waals surface area contributed by atoms with Gasteiger partial charge in [-0.25, -0.2) is 0 Å². The van der Waals surface area contributed by atoms with Gasteiger partial charge in [-0.15, -0.1) is 13.2 Å². The number of halogens is 4. The first-order valence-electron chi connectivity index (χ1n) is 11.2. The smallest absolute Gasteiger partial charge is 0.406 e. The van der Waals surface area contributed by atoms with Crippen LogP contribution in [0.3, 0.4) is 0 Å². The molecule has 1 aromatic carbocycles. The number of ether oxygens (including phenoxy) is 2. The van der Waals surface area contributed by atoms with Crippen molar-refractivity contribution in [1.82, 2.24) is 0 Å². The third-order valence-electron chi connectivity index (χ3n) is 6.45. The van der Waals surface area contributed by atoms with Crippen molar-refractivity contribution in [3.8, 4) is 11.8 Å². The highest BCUT2D eigenvalue weighted by molar-refractivity contribution is 5.30. The molecule has 174 valence electrons. The van der Waals surface area contributed by atoms with E-state index < -0.39 is 12.2 Å². The van der Waals surface area contributed by atoms with Crippen molar-refractivity contribution < 1.29 is 27.0 Å². The summed E-state index contributed by atoms with van der Waals surface area (Å²) in [5, 5.41) is 8.41. The second-order valence-electron chi connectivity index (χ2n) is 8.72. The summed E-state index contributed by atoms with van der Waals surface area (Å²) in [6.07, 6.45) is 8.51. The van der Waals surface area contributed by atoms with Crippen molar-refractivity contribution in [2.45, 2.75) is 69.8 Å². The van der Waals surface area contributed by atoms with Crippen LogP contribution in [0.4, 0.5) is 17.6 Å². The van der Waals surface area contributed by atoms with Crippen LogP contribution in [0.2, 0.25) is 0 Å². The lowest BCUT2D eigenvalue weighted by Crippen LogP contribution is -2.25. The molecule has 0 atom stereocenters. The van der Waals surface area contributed by atoms with Gasteiger partial charge in [0.15, 0.2) is 5.83 Å². The minimum atomic E-state index is -4.66. The summed E-state index contributed by atoms with van der Waals surface area (Å²) in [7, 11) is 0. The monoisotopic (exact) mass is 451 g/mol. The van der Waals surface area contributed by atoms with Crippen molar-refractivity contribution >= 4 is 0 Å². The summed E-state index contributed by atoms with van der Waals surface area (Å²) >= 11 is 0. The Labute approximate surface area is 186 Å². The summed E-state index contributed by atoms with van der Waals surface area (Å²) in [4.78, 5) is 0. The van der Waals surface area contributed by atoms with Crippen LogP contribution < -0.4 is 4.74 Å². The molecule has 32 heavy (non-hydrogen) atoms. The minimum Gasteiger partial charge on any atom is -0.406 e. The predicted molar refractivity (Wildman–Crippen MR) is 113 cm³/mol. The number of hydrogen-bond acceptors (Lipinski definition) is 3. The fourth-order valence-electron chi connectivity index (χ4n) is 4.66. The van der Waals surface area contributed by atoms with Gasteiger partial charge in [0, 0.05) is 6.61 Å². The third kappa shape index (κ3) is 7.98. The summed E-state index contributed by atoms with van der Waals surface area (Å²) in [6.45, 7) is 0.756. The standard InChI is InChI=1S/C25H29F4NO2/c26-22(16-30)3-1-2-18-6-12-23(13-7-18)31-17-19-4-8-20(9-5-19)21-10-14-24(15-11-21)32-25(27,28)29/h1-3,10-11,14-15,18-20,23H,4-9,12-13,17H2/b2-1+,22-3-/t18-,19-,20-,23-. The van der Waals surface area contributed by atoms with E-state index in [0.29, 0.717) is 17.8 Å². The number of rotatable bonds is 7. The Balaban J connectivity index is 1.34. The van der Waals surface area contributed by atoms with Crippen LogP contribution in [0.15, 0.2) is 48.3 Å². The van der Waals surface area contributed by atoms with Crippen molar-refractivity contribution in [3.05, 3.63) is 53.9 Å². The molecule has 3 nitrogen and oxygen atoms in total. The average Bonchev–Trinajstić information content (AvgIpc) is 2.78. The van der Waals surface area contributed by atoms with Crippen LogP contribution in [0.1, 0.15) is 62.8 Å². The maximum atomic E-state index is 12.8. The van der Waals surface area contributed by atoms with Crippen LogP contribution in [0, 0.1) is 23.2 Å². The molecule has 0 amide bonds. The molecule has 0 unspecified atom stereocenters. The Morgan fingerprint density at radius 2 is 1.66 bits per heavy atom. The van der Waals surface area contributed by atoms with Gasteiger partial charge < -0.3 is 9.47 Å². The second-order valence-corrected chi connectivity index (χ2v) is 8.72. The first kappa shape index (κ1) is 24.3. The van der Waals surface area contributed by atoms with Crippen molar-refractivity contribution in [2.75, 3.05) is 6.61 Å². The lowest BCUT2D eigenvalue weighted by molar-refractivity contribution is -0.274. The maximum absolute atomic E-state index is 12.8. The fraction of sp³-hybridized carbons (Fsp3) is 0.560. The second kappa shape index (κ2) is 11.5. The Kier molecular flexibility index (Phi) is 8.75. The normalized spacial score (nSPS) is 27.3. The van der Waals surface area contributed by atoms with E-state index in [9.17, 15) is 17.6 Å². The van der Waals surface area contributed by atoms with Gasteiger partial charge in [0.05, 0.1) is 6.10 Å². The first-order chi connectivity index (χ1) is 15.3. The molecule has 1 aromatic rings. The number of allylic oxidation sites excluding steroid dienone is 4. The molecule has 2 saturated carbocycles.